The summed E-state index contributed by atoms with van der Waals surface area (Å²) in [5.74, 6) is 0.580. The zero-order valence-electron chi connectivity index (χ0n) is 19.5. The number of aromatic amines is 1. The third-order valence-corrected chi connectivity index (χ3v) is 6.59. The van der Waals surface area contributed by atoms with Crippen LogP contribution in [-0.4, -0.2) is 43.7 Å². The molecule has 1 saturated carbocycles. The van der Waals surface area contributed by atoms with Gasteiger partial charge in [0.2, 0.25) is 12.4 Å². The lowest BCUT2D eigenvalue weighted by atomic mass is 9.91. The summed E-state index contributed by atoms with van der Waals surface area (Å²) in [6.07, 6.45) is 11.8. The summed E-state index contributed by atoms with van der Waals surface area (Å²) in [5.41, 5.74) is 3.91. The molecule has 1 aliphatic rings. The van der Waals surface area contributed by atoms with Crippen LogP contribution in [0.2, 0.25) is 0 Å². The number of thioether (sulfide) groups is 1. The summed E-state index contributed by atoms with van der Waals surface area (Å²) >= 11 is 0.950. The number of rotatable bonds is 9. The number of H-pyrrole nitrogens is 1. The van der Waals surface area contributed by atoms with E-state index >= 15 is 0 Å². The monoisotopic (exact) mass is 491 g/mol. The van der Waals surface area contributed by atoms with Crippen LogP contribution in [0.1, 0.15) is 43.9 Å². The lowest BCUT2D eigenvalue weighted by molar-refractivity contribution is -0.108. The van der Waals surface area contributed by atoms with Gasteiger partial charge in [-0.25, -0.2) is 9.97 Å². The normalized spacial score (nSPS) is 18.1. The van der Waals surface area contributed by atoms with Crippen molar-refractivity contribution in [2.75, 3.05) is 5.32 Å². The SMILES string of the molecule is C/C(=C/c1ccnc(NC2CCC(NCc3cccnc3-c3ccc[nH]3)CC2)n1)SC(=O)NC=O. The molecule has 9 nitrogen and oxygen atoms in total. The summed E-state index contributed by atoms with van der Waals surface area (Å²) in [6, 6.07) is 10.7. The molecule has 0 radical (unpaired) electrons. The Morgan fingerprint density at radius 2 is 1.94 bits per heavy atom. The number of nitrogens with one attached hydrogen (secondary N) is 4. The molecule has 4 N–H and O–H groups in total. The minimum absolute atomic E-state index is 0.314. The Bertz CT molecular complexity index is 1160. The molecule has 0 aliphatic heterocycles. The van der Waals surface area contributed by atoms with Crippen molar-refractivity contribution in [3.63, 3.8) is 0 Å². The van der Waals surface area contributed by atoms with Crippen molar-refractivity contribution in [2.45, 2.75) is 51.2 Å². The van der Waals surface area contributed by atoms with Gasteiger partial charge < -0.3 is 15.6 Å². The van der Waals surface area contributed by atoms with Crippen molar-refractivity contribution in [1.82, 2.24) is 30.6 Å². The van der Waals surface area contributed by atoms with Crippen LogP contribution in [0.4, 0.5) is 10.7 Å². The Morgan fingerprint density at radius 3 is 2.71 bits per heavy atom. The van der Waals surface area contributed by atoms with Crippen LogP contribution in [0.25, 0.3) is 17.5 Å². The lowest BCUT2D eigenvalue weighted by Gasteiger charge is -2.30. The van der Waals surface area contributed by atoms with Gasteiger partial charge in [0.25, 0.3) is 5.24 Å². The van der Waals surface area contributed by atoms with Crippen molar-refractivity contribution >= 4 is 35.4 Å². The van der Waals surface area contributed by atoms with Crippen LogP contribution in [0, 0.1) is 0 Å². The number of hydrogen-bond acceptors (Lipinski definition) is 8. The maximum atomic E-state index is 11.5. The van der Waals surface area contributed by atoms with Crippen molar-refractivity contribution in [3.05, 3.63) is 65.1 Å². The molecule has 0 aromatic carbocycles. The van der Waals surface area contributed by atoms with Gasteiger partial charge in [0.15, 0.2) is 0 Å². The fourth-order valence-corrected chi connectivity index (χ4v) is 4.74. The van der Waals surface area contributed by atoms with Gasteiger partial charge in [-0.05, 0) is 85.2 Å². The van der Waals surface area contributed by atoms with E-state index in [2.05, 4.69) is 42.0 Å². The molecule has 10 heteroatoms. The predicted octanol–water partition coefficient (Wildman–Crippen LogP) is 4.34. The first-order valence-electron chi connectivity index (χ1n) is 11.6. The largest absolute Gasteiger partial charge is 0.360 e. The second-order valence-electron chi connectivity index (χ2n) is 8.38. The first-order chi connectivity index (χ1) is 17.1. The third kappa shape index (κ3) is 7.24. The number of pyridine rings is 1. The molecule has 1 aliphatic carbocycles. The van der Waals surface area contributed by atoms with E-state index < -0.39 is 5.24 Å². The average molecular weight is 492 g/mol. The number of amides is 2. The molecule has 2 amide bonds. The molecule has 182 valence electrons. The number of imide groups is 1. The van der Waals surface area contributed by atoms with Crippen molar-refractivity contribution < 1.29 is 9.59 Å². The Kier molecular flexibility index (Phi) is 8.63. The lowest BCUT2D eigenvalue weighted by Crippen LogP contribution is -2.37. The highest BCUT2D eigenvalue weighted by Crippen LogP contribution is 2.24. The summed E-state index contributed by atoms with van der Waals surface area (Å²) < 4.78 is 0. The van der Waals surface area contributed by atoms with Crippen LogP contribution in [-0.2, 0) is 11.3 Å². The molecule has 3 heterocycles. The number of aromatic nitrogens is 4. The van der Waals surface area contributed by atoms with Crippen molar-refractivity contribution in [3.8, 4) is 11.4 Å². The van der Waals surface area contributed by atoms with Crippen molar-refractivity contribution in [2.24, 2.45) is 0 Å². The highest BCUT2D eigenvalue weighted by atomic mass is 32.2. The molecule has 0 spiro atoms. The molecule has 0 atom stereocenters. The van der Waals surface area contributed by atoms with Gasteiger partial charge in [0.1, 0.15) is 0 Å². The molecule has 35 heavy (non-hydrogen) atoms. The zero-order valence-corrected chi connectivity index (χ0v) is 20.3. The Morgan fingerprint density at radius 1 is 1.11 bits per heavy atom. The maximum Gasteiger partial charge on any atom is 0.289 e. The number of carbonyl (C=O) groups is 2. The first kappa shape index (κ1) is 24.6. The maximum absolute atomic E-state index is 11.5. The number of anilines is 1. The van der Waals surface area contributed by atoms with E-state index in [1.54, 1.807) is 25.3 Å². The second-order valence-corrected chi connectivity index (χ2v) is 9.60. The van der Waals surface area contributed by atoms with Crippen LogP contribution < -0.4 is 16.0 Å². The van der Waals surface area contributed by atoms with E-state index in [0.29, 0.717) is 30.1 Å². The molecule has 1 fully saturated rings. The van der Waals surface area contributed by atoms with Crippen LogP contribution in [0.15, 0.2) is 53.8 Å². The smallest absolute Gasteiger partial charge is 0.289 e. The molecule has 3 aromatic heterocycles. The predicted molar refractivity (Wildman–Crippen MR) is 138 cm³/mol. The number of carbonyl (C=O) groups excluding carboxylic acids is 2. The highest BCUT2D eigenvalue weighted by Gasteiger charge is 2.22. The van der Waals surface area contributed by atoms with Crippen LogP contribution >= 0.6 is 11.8 Å². The van der Waals surface area contributed by atoms with Gasteiger partial charge in [0, 0.05) is 37.2 Å². The fourth-order valence-electron chi connectivity index (χ4n) is 4.16. The van der Waals surface area contributed by atoms with Gasteiger partial charge in [-0.2, -0.15) is 0 Å². The Labute approximate surface area is 208 Å². The minimum Gasteiger partial charge on any atom is -0.360 e. The Balaban J connectivity index is 1.26. The zero-order chi connectivity index (χ0) is 24.5. The number of allylic oxidation sites excluding steroid dienone is 1. The first-order valence-corrected chi connectivity index (χ1v) is 12.4. The van der Waals surface area contributed by atoms with E-state index in [9.17, 15) is 9.59 Å². The van der Waals surface area contributed by atoms with E-state index in [0.717, 1.165) is 60.3 Å². The van der Waals surface area contributed by atoms with Crippen LogP contribution in [0.3, 0.4) is 0 Å². The fraction of sp³-hybridized carbons (Fsp3) is 0.320. The summed E-state index contributed by atoms with van der Waals surface area (Å²) in [4.78, 5) is 39.3. The quantitative estimate of drug-likeness (QED) is 0.326. The third-order valence-electron chi connectivity index (χ3n) is 5.84. The molecule has 4 rings (SSSR count). The molecular formula is C25H29N7O2S. The summed E-state index contributed by atoms with van der Waals surface area (Å²) in [6.45, 7) is 2.58. The highest BCUT2D eigenvalue weighted by molar-refractivity contribution is 8.17. The molecule has 0 bridgehead atoms. The molecular weight excluding hydrogens is 462 g/mol. The van der Waals surface area contributed by atoms with Crippen molar-refractivity contribution in [1.29, 1.82) is 0 Å². The van der Waals surface area contributed by atoms with Crippen LogP contribution in [0.5, 0.6) is 0 Å². The summed E-state index contributed by atoms with van der Waals surface area (Å²) in [5, 5.41) is 8.84. The van der Waals surface area contributed by atoms with E-state index in [4.69, 9.17) is 0 Å². The standard InChI is InChI=1S/C25H29N7O2S/c1-17(35-25(34)30-16-33)14-21-10-13-28-24(32-21)31-20-8-6-19(7-9-20)29-15-18-4-2-12-27-23(18)22-5-3-11-26-22/h2-5,10-14,16,19-20,26,29H,6-9,15H2,1H3,(H,28,31,32)(H,30,33,34)/b17-14-. The molecule has 0 unspecified atom stereocenters. The van der Waals surface area contributed by atoms with Gasteiger partial charge in [-0.15, -0.1) is 0 Å². The van der Waals surface area contributed by atoms with Gasteiger partial charge in [0.05, 0.1) is 17.1 Å². The van der Waals surface area contributed by atoms with Gasteiger partial charge >= 0.3 is 0 Å². The molecule has 0 saturated heterocycles. The number of nitrogens with zero attached hydrogens (tertiary/aromatic N) is 3. The number of hydrogen-bond donors (Lipinski definition) is 4. The average Bonchev–Trinajstić information content (AvgIpc) is 3.39. The molecule has 3 aromatic rings. The van der Waals surface area contributed by atoms with E-state index in [1.807, 2.05) is 30.6 Å². The minimum atomic E-state index is -0.421. The summed E-state index contributed by atoms with van der Waals surface area (Å²) in [7, 11) is 0. The topological polar surface area (TPSA) is 125 Å². The second kappa shape index (κ2) is 12.3. The van der Waals surface area contributed by atoms with E-state index in [1.165, 1.54) is 5.56 Å². The Hall–Kier alpha value is -3.50. The van der Waals surface area contributed by atoms with Gasteiger partial charge in [-0.1, -0.05) is 6.07 Å². The van der Waals surface area contributed by atoms with E-state index in [-0.39, 0.29) is 0 Å². The van der Waals surface area contributed by atoms with Gasteiger partial charge in [-0.3, -0.25) is 19.9 Å².